The van der Waals surface area contributed by atoms with Crippen molar-refractivity contribution in [2.24, 2.45) is 5.41 Å². The summed E-state index contributed by atoms with van der Waals surface area (Å²) < 4.78 is 66.5. The number of rotatable bonds is 12. The molecule has 2 N–H and O–H groups in total. The summed E-state index contributed by atoms with van der Waals surface area (Å²) in [6.07, 6.45) is -3.68. The van der Waals surface area contributed by atoms with Crippen LogP contribution in [-0.2, 0) is 29.2 Å². The van der Waals surface area contributed by atoms with Crippen molar-refractivity contribution >= 4 is 38.7 Å². The number of carbonyl (C=O) groups is 1. The summed E-state index contributed by atoms with van der Waals surface area (Å²) in [6, 6.07) is 14.8. The van der Waals surface area contributed by atoms with Gasteiger partial charge in [-0.05, 0) is 65.9 Å². The van der Waals surface area contributed by atoms with Gasteiger partial charge in [0.15, 0.2) is 5.78 Å². The highest BCUT2D eigenvalue weighted by atomic mass is 35.5. The molecule has 3 rings (SSSR count). The lowest BCUT2D eigenvalue weighted by atomic mass is 9.94. The van der Waals surface area contributed by atoms with Crippen LogP contribution in [0.15, 0.2) is 64.9 Å². The Morgan fingerprint density at radius 2 is 1.59 bits per heavy atom. The van der Waals surface area contributed by atoms with Gasteiger partial charge >= 0.3 is 6.18 Å². The van der Waals surface area contributed by atoms with Gasteiger partial charge in [-0.2, -0.15) is 13.2 Å². The van der Waals surface area contributed by atoms with Crippen molar-refractivity contribution in [3.05, 3.63) is 87.3 Å². The minimum absolute atomic E-state index is 0.0434. The third kappa shape index (κ3) is 8.93. The van der Waals surface area contributed by atoms with Gasteiger partial charge in [0.25, 0.3) is 0 Å². The van der Waals surface area contributed by atoms with Crippen LogP contribution in [0.4, 0.5) is 13.2 Å². The van der Waals surface area contributed by atoms with Crippen LogP contribution in [-0.4, -0.2) is 27.3 Å². The van der Waals surface area contributed by atoms with Crippen molar-refractivity contribution in [1.82, 2.24) is 10.0 Å². The molecule has 0 amide bonds. The van der Waals surface area contributed by atoms with Crippen LogP contribution in [0.2, 0.25) is 5.02 Å². The molecule has 0 fully saturated rings. The number of thiophene rings is 1. The maximum Gasteiger partial charge on any atom is 0.416 e. The first-order valence-corrected chi connectivity index (χ1v) is 14.2. The highest BCUT2D eigenvalue weighted by molar-refractivity contribution is 7.91. The number of hydrogen-bond donors (Lipinski definition) is 2. The van der Waals surface area contributed by atoms with Gasteiger partial charge in [-0.15, -0.1) is 11.3 Å². The quantitative estimate of drug-likeness (QED) is 0.249. The summed E-state index contributed by atoms with van der Waals surface area (Å²) in [7, 11) is -3.73. The van der Waals surface area contributed by atoms with E-state index in [4.69, 9.17) is 11.6 Å². The first-order valence-electron chi connectivity index (χ1n) is 11.5. The first kappa shape index (κ1) is 29.3. The second-order valence-electron chi connectivity index (χ2n) is 9.44. The molecule has 1 aromatic heterocycles. The molecule has 0 saturated carbocycles. The number of Topliss-reactive ketones (excluding diaryl/α,β-unsaturated/α-hetero) is 1. The van der Waals surface area contributed by atoms with E-state index in [-0.39, 0.29) is 23.0 Å². The third-order valence-corrected chi connectivity index (χ3v) is 8.91. The molecule has 200 valence electrons. The lowest BCUT2D eigenvalue weighted by Crippen LogP contribution is -2.40. The van der Waals surface area contributed by atoms with Crippen LogP contribution >= 0.6 is 22.9 Å². The molecule has 0 bridgehead atoms. The molecular formula is C26H28ClF3N2O3S2. The lowest BCUT2D eigenvalue weighted by Gasteiger charge is -2.25. The van der Waals surface area contributed by atoms with Crippen molar-refractivity contribution in [1.29, 1.82) is 0 Å². The molecule has 0 saturated heterocycles. The van der Waals surface area contributed by atoms with Crippen molar-refractivity contribution in [2.75, 3.05) is 13.1 Å². The Labute approximate surface area is 224 Å². The SMILES string of the molecule is CC(C)(CNCc1ccc(C(F)(F)F)cc1)CNS(=O)(=O)c1ccc(CCC(=O)c2ccc(Cl)cc2)s1. The maximum absolute atomic E-state index is 12.8. The van der Waals surface area contributed by atoms with Gasteiger partial charge in [0.1, 0.15) is 4.21 Å². The normalized spacial score (nSPS) is 12.6. The highest BCUT2D eigenvalue weighted by Gasteiger charge is 2.30. The molecule has 2 aromatic carbocycles. The van der Waals surface area contributed by atoms with Gasteiger partial charge < -0.3 is 5.32 Å². The number of halogens is 4. The Bertz CT molecular complexity index is 1300. The van der Waals surface area contributed by atoms with Crippen LogP contribution in [0.5, 0.6) is 0 Å². The first-order chi connectivity index (χ1) is 17.2. The Kier molecular flexibility index (Phi) is 9.57. The molecule has 0 radical (unpaired) electrons. The number of carbonyl (C=O) groups excluding carboxylic acids is 1. The summed E-state index contributed by atoms with van der Waals surface area (Å²) >= 11 is 6.98. The average Bonchev–Trinajstić information content (AvgIpc) is 3.32. The van der Waals surface area contributed by atoms with Gasteiger partial charge in [0.2, 0.25) is 10.0 Å². The average molecular weight is 573 g/mol. The molecule has 0 aliphatic heterocycles. The second-order valence-corrected chi connectivity index (χ2v) is 13.0. The van der Waals surface area contributed by atoms with Gasteiger partial charge in [-0.1, -0.05) is 37.6 Å². The van der Waals surface area contributed by atoms with Crippen LogP contribution in [0.25, 0.3) is 0 Å². The molecule has 0 aliphatic rings. The number of ketones is 1. The van der Waals surface area contributed by atoms with Crippen LogP contribution in [0, 0.1) is 5.41 Å². The Balaban J connectivity index is 1.47. The fourth-order valence-electron chi connectivity index (χ4n) is 3.43. The van der Waals surface area contributed by atoms with E-state index in [9.17, 15) is 26.4 Å². The molecule has 0 unspecified atom stereocenters. The zero-order valence-corrected chi connectivity index (χ0v) is 22.8. The van der Waals surface area contributed by atoms with E-state index < -0.39 is 27.2 Å². The number of alkyl halides is 3. The van der Waals surface area contributed by atoms with Gasteiger partial charge in [0.05, 0.1) is 5.56 Å². The van der Waals surface area contributed by atoms with E-state index in [1.54, 1.807) is 30.3 Å². The largest absolute Gasteiger partial charge is 0.416 e. The fraction of sp³-hybridized carbons (Fsp3) is 0.346. The second kappa shape index (κ2) is 12.1. The Morgan fingerprint density at radius 3 is 2.22 bits per heavy atom. The van der Waals surface area contributed by atoms with Gasteiger partial charge in [-0.25, -0.2) is 13.1 Å². The van der Waals surface area contributed by atoms with Crippen molar-refractivity contribution in [3.63, 3.8) is 0 Å². The van der Waals surface area contributed by atoms with Crippen LogP contribution in [0.3, 0.4) is 0 Å². The molecule has 11 heteroatoms. The van der Waals surface area contributed by atoms with E-state index in [2.05, 4.69) is 10.0 Å². The molecule has 0 aliphatic carbocycles. The molecule has 0 atom stereocenters. The minimum Gasteiger partial charge on any atom is -0.312 e. The monoisotopic (exact) mass is 572 g/mol. The zero-order valence-electron chi connectivity index (χ0n) is 20.4. The maximum atomic E-state index is 12.8. The topological polar surface area (TPSA) is 75.3 Å². The standard InChI is InChI=1S/C26H28ClF3N2O3S2/c1-25(2,16-31-15-18-3-7-20(8-4-18)26(28,29)30)17-32-37(34,35)24-14-12-22(36-24)11-13-23(33)19-5-9-21(27)10-6-19/h3-10,12,14,31-32H,11,13,15-17H2,1-2H3. The molecule has 5 nitrogen and oxygen atoms in total. The van der Waals surface area contributed by atoms with Gasteiger partial charge in [-0.3, -0.25) is 4.79 Å². The number of hydrogen-bond acceptors (Lipinski definition) is 5. The van der Waals surface area contributed by atoms with Crippen LogP contribution < -0.4 is 10.0 Å². The smallest absolute Gasteiger partial charge is 0.312 e. The van der Waals surface area contributed by atoms with Crippen molar-refractivity contribution in [2.45, 2.75) is 43.6 Å². The molecule has 3 aromatic rings. The summed E-state index contributed by atoms with van der Waals surface area (Å²) in [4.78, 5) is 13.1. The predicted octanol–water partition coefficient (Wildman–Crippen LogP) is 6.33. The van der Waals surface area contributed by atoms with E-state index in [1.165, 1.54) is 18.2 Å². The number of aryl methyl sites for hydroxylation is 1. The summed E-state index contributed by atoms with van der Waals surface area (Å²) in [6.45, 7) is 4.74. The number of benzene rings is 2. The molecular weight excluding hydrogens is 545 g/mol. The van der Waals surface area contributed by atoms with E-state index >= 15 is 0 Å². The van der Waals surface area contributed by atoms with E-state index in [0.29, 0.717) is 35.7 Å². The molecule has 1 heterocycles. The molecule has 37 heavy (non-hydrogen) atoms. The van der Waals surface area contributed by atoms with E-state index in [0.717, 1.165) is 28.3 Å². The Hall–Kier alpha value is -2.24. The minimum atomic E-state index is -4.37. The molecule has 0 spiro atoms. The Morgan fingerprint density at radius 1 is 0.946 bits per heavy atom. The summed E-state index contributed by atoms with van der Waals surface area (Å²) in [5.41, 5.74) is 0.106. The fourth-order valence-corrected chi connectivity index (χ4v) is 6.20. The zero-order chi connectivity index (χ0) is 27.3. The summed E-state index contributed by atoms with van der Waals surface area (Å²) in [5, 5.41) is 3.72. The van der Waals surface area contributed by atoms with Crippen molar-refractivity contribution in [3.8, 4) is 0 Å². The van der Waals surface area contributed by atoms with Crippen LogP contribution in [0.1, 0.15) is 46.6 Å². The summed E-state index contributed by atoms with van der Waals surface area (Å²) in [5.74, 6) is -0.0434. The van der Waals surface area contributed by atoms with E-state index in [1.807, 2.05) is 13.8 Å². The lowest BCUT2D eigenvalue weighted by molar-refractivity contribution is -0.137. The van der Waals surface area contributed by atoms with Crippen molar-refractivity contribution < 1.29 is 26.4 Å². The predicted molar refractivity (Wildman–Crippen MR) is 141 cm³/mol. The number of nitrogens with one attached hydrogen (secondary N) is 2. The third-order valence-electron chi connectivity index (χ3n) is 5.62. The number of sulfonamides is 1. The highest BCUT2D eigenvalue weighted by Crippen LogP contribution is 2.29. The van der Waals surface area contributed by atoms with Gasteiger partial charge in [0, 0.05) is 41.5 Å².